The van der Waals surface area contributed by atoms with Crippen molar-refractivity contribution in [3.05, 3.63) is 71.9 Å². The third-order valence-corrected chi connectivity index (χ3v) is 4.01. The Morgan fingerprint density at radius 3 is 2.81 bits per heavy atom. The SMILES string of the molecule is COc1ncccc1C(=O)Nc1cccc(Cn2ccnc2C(C)C)c1. The van der Waals surface area contributed by atoms with Gasteiger partial charge in [-0.25, -0.2) is 9.97 Å². The lowest BCUT2D eigenvalue weighted by atomic mass is 10.1. The summed E-state index contributed by atoms with van der Waals surface area (Å²) in [5, 5.41) is 2.91. The number of rotatable bonds is 6. The fraction of sp³-hybridized carbons (Fsp3) is 0.250. The standard InChI is InChI=1S/C20H22N4O2/c1-14(2)18-21-10-11-24(18)13-15-6-4-7-16(12-15)23-19(25)17-8-5-9-22-20(17)26-3/h4-12,14H,13H2,1-3H3,(H,23,25). The Morgan fingerprint density at radius 2 is 2.04 bits per heavy atom. The van der Waals surface area contributed by atoms with Crippen LogP contribution in [0.1, 0.15) is 41.5 Å². The predicted molar refractivity (Wildman–Crippen MR) is 101 cm³/mol. The number of anilines is 1. The number of carbonyl (C=O) groups excluding carboxylic acids is 1. The molecule has 0 unspecified atom stereocenters. The van der Waals surface area contributed by atoms with Gasteiger partial charge in [-0.1, -0.05) is 26.0 Å². The maximum Gasteiger partial charge on any atom is 0.261 e. The van der Waals surface area contributed by atoms with Gasteiger partial charge in [-0.3, -0.25) is 4.79 Å². The second-order valence-electron chi connectivity index (χ2n) is 6.28. The highest BCUT2D eigenvalue weighted by Crippen LogP contribution is 2.19. The molecule has 6 heteroatoms. The Bertz CT molecular complexity index is 902. The van der Waals surface area contributed by atoms with Gasteiger partial charge in [-0.2, -0.15) is 0 Å². The molecule has 0 saturated carbocycles. The Hall–Kier alpha value is -3.15. The highest BCUT2D eigenvalue weighted by Gasteiger charge is 2.13. The fourth-order valence-electron chi connectivity index (χ4n) is 2.82. The van der Waals surface area contributed by atoms with E-state index in [4.69, 9.17) is 4.74 Å². The van der Waals surface area contributed by atoms with Crippen LogP contribution in [0.15, 0.2) is 55.0 Å². The molecule has 0 atom stereocenters. The van der Waals surface area contributed by atoms with Gasteiger partial charge in [0.2, 0.25) is 5.88 Å². The minimum atomic E-state index is -0.252. The summed E-state index contributed by atoms with van der Waals surface area (Å²) in [7, 11) is 1.50. The first kappa shape index (κ1) is 17.7. The van der Waals surface area contributed by atoms with E-state index in [0.29, 0.717) is 23.9 Å². The number of carbonyl (C=O) groups is 1. The second kappa shape index (κ2) is 7.82. The number of amides is 1. The molecular formula is C20H22N4O2. The van der Waals surface area contributed by atoms with E-state index in [1.54, 1.807) is 18.3 Å². The lowest BCUT2D eigenvalue weighted by molar-refractivity contribution is 0.102. The number of nitrogens with zero attached hydrogens (tertiary/aromatic N) is 3. The minimum Gasteiger partial charge on any atom is -0.480 e. The van der Waals surface area contributed by atoms with Crippen molar-refractivity contribution in [3.63, 3.8) is 0 Å². The molecule has 0 fully saturated rings. The van der Waals surface area contributed by atoms with Crippen molar-refractivity contribution in [2.75, 3.05) is 12.4 Å². The van der Waals surface area contributed by atoms with Gasteiger partial charge in [0.25, 0.3) is 5.91 Å². The van der Waals surface area contributed by atoms with E-state index in [-0.39, 0.29) is 5.91 Å². The highest BCUT2D eigenvalue weighted by molar-refractivity contribution is 6.05. The summed E-state index contributed by atoms with van der Waals surface area (Å²) in [6, 6.07) is 11.2. The van der Waals surface area contributed by atoms with Crippen LogP contribution in [-0.2, 0) is 6.54 Å². The van der Waals surface area contributed by atoms with Gasteiger partial charge in [0.15, 0.2) is 0 Å². The van der Waals surface area contributed by atoms with E-state index in [2.05, 4.69) is 33.7 Å². The number of aromatic nitrogens is 3. The molecule has 1 aromatic carbocycles. The zero-order chi connectivity index (χ0) is 18.5. The molecule has 6 nitrogen and oxygen atoms in total. The average Bonchev–Trinajstić information content (AvgIpc) is 3.10. The molecule has 0 aliphatic heterocycles. The molecule has 134 valence electrons. The monoisotopic (exact) mass is 350 g/mol. The van der Waals surface area contributed by atoms with E-state index in [1.807, 2.05) is 36.7 Å². The van der Waals surface area contributed by atoms with Crippen LogP contribution in [0.4, 0.5) is 5.69 Å². The van der Waals surface area contributed by atoms with Gasteiger partial charge in [-0.15, -0.1) is 0 Å². The molecule has 2 heterocycles. The summed E-state index contributed by atoms with van der Waals surface area (Å²) >= 11 is 0. The molecule has 1 N–H and O–H groups in total. The maximum atomic E-state index is 12.5. The van der Waals surface area contributed by atoms with E-state index in [1.165, 1.54) is 7.11 Å². The largest absolute Gasteiger partial charge is 0.480 e. The van der Waals surface area contributed by atoms with Gasteiger partial charge in [-0.05, 0) is 29.8 Å². The topological polar surface area (TPSA) is 69.0 Å². The van der Waals surface area contributed by atoms with Gasteiger partial charge in [0, 0.05) is 36.7 Å². The van der Waals surface area contributed by atoms with E-state index in [9.17, 15) is 4.79 Å². The van der Waals surface area contributed by atoms with Gasteiger partial charge >= 0.3 is 0 Å². The molecule has 0 aliphatic carbocycles. The van der Waals surface area contributed by atoms with Crippen molar-refractivity contribution in [2.45, 2.75) is 26.3 Å². The molecule has 0 aliphatic rings. The van der Waals surface area contributed by atoms with Crippen LogP contribution in [0.2, 0.25) is 0 Å². The first-order valence-corrected chi connectivity index (χ1v) is 8.49. The number of hydrogen-bond acceptors (Lipinski definition) is 4. The van der Waals surface area contributed by atoms with Crippen molar-refractivity contribution in [2.24, 2.45) is 0 Å². The lowest BCUT2D eigenvalue weighted by Gasteiger charge is -2.12. The molecule has 1 amide bonds. The van der Waals surface area contributed by atoms with E-state index >= 15 is 0 Å². The van der Waals surface area contributed by atoms with Crippen molar-refractivity contribution in [1.29, 1.82) is 0 Å². The van der Waals surface area contributed by atoms with Crippen molar-refractivity contribution >= 4 is 11.6 Å². The zero-order valence-electron chi connectivity index (χ0n) is 15.1. The molecule has 3 rings (SSSR count). The third kappa shape index (κ3) is 3.91. The average molecular weight is 350 g/mol. The Morgan fingerprint density at radius 1 is 1.19 bits per heavy atom. The normalized spacial score (nSPS) is 10.8. The quantitative estimate of drug-likeness (QED) is 0.736. The van der Waals surface area contributed by atoms with E-state index < -0.39 is 0 Å². The van der Waals surface area contributed by atoms with Crippen LogP contribution in [0, 0.1) is 0 Å². The third-order valence-electron chi connectivity index (χ3n) is 4.01. The number of pyridine rings is 1. The van der Waals surface area contributed by atoms with Crippen molar-refractivity contribution in [1.82, 2.24) is 14.5 Å². The first-order valence-electron chi connectivity index (χ1n) is 8.49. The van der Waals surface area contributed by atoms with Crippen LogP contribution in [0.25, 0.3) is 0 Å². The highest BCUT2D eigenvalue weighted by atomic mass is 16.5. The van der Waals surface area contributed by atoms with Crippen molar-refractivity contribution < 1.29 is 9.53 Å². The Balaban J connectivity index is 1.77. The molecule has 0 radical (unpaired) electrons. The molecular weight excluding hydrogens is 328 g/mol. The summed E-state index contributed by atoms with van der Waals surface area (Å²) in [6.45, 7) is 4.95. The number of ether oxygens (including phenoxy) is 1. The van der Waals surface area contributed by atoms with Crippen LogP contribution in [-0.4, -0.2) is 27.6 Å². The summed E-state index contributed by atoms with van der Waals surface area (Å²) in [5.41, 5.74) is 2.21. The summed E-state index contributed by atoms with van der Waals surface area (Å²) in [4.78, 5) is 21.0. The van der Waals surface area contributed by atoms with Gasteiger partial charge in [0.05, 0.1) is 7.11 Å². The first-order chi connectivity index (χ1) is 12.6. The van der Waals surface area contributed by atoms with E-state index in [0.717, 1.165) is 17.1 Å². The molecule has 0 bridgehead atoms. The zero-order valence-corrected chi connectivity index (χ0v) is 15.1. The molecule has 3 aromatic rings. The Kier molecular flexibility index (Phi) is 5.31. The number of hydrogen-bond donors (Lipinski definition) is 1. The fourth-order valence-corrected chi connectivity index (χ4v) is 2.82. The summed E-state index contributed by atoms with van der Waals surface area (Å²) in [5.74, 6) is 1.45. The van der Waals surface area contributed by atoms with Crippen LogP contribution < -0.4 is 10.1 Å². The predicted octanol–water partition coefficient (Wildman–Crippen LogP) is 3.71. The Labute approximate surface area is 152 Å². The van der Waals surface area contributed by atoms with Crippen LogP contribution in [0.5, 0.6) is 5.88 Å². The van der Waals surface area contributed by atoms with Crippen LogP contribution >= 0.6 is 0 Å². The van der Waals surface area contributed by atoms with Gasteiger partial charge < -0.3 is 14.6 Å². The molecule has 2 aromatic heterocycles. The molecule has 26 heavy (non-hydrogen) atoms. The number of benzene rings is 1. The second-order valence-corrected chi connectivity index (χ2v) is 6.28. The van der Waals surface area contributed by atoms with Crippen LogP contribution in [0.3, 0.4) is 0 Å². The molecule has 0 spiro atoms. The summed E-state index contributed by atoms with van der Waals surface area (Å²) in [6.07, 6.45) is 5.38. The summed E-state index contributed by atoms with van der Waals surface area (Å²) < 4.78 is 7.27. The number of nitrogens with one attached hydrogen (secondary N) is 1. The maximum absolute atomic E-state index is 12.5. The molecule has 0 saturated heterocycles. The lowest BCUT2D eigenvalue weighted by Crippen LogP contribution is -2.14. The number of imidazole rings is 1. The van der Waals surface area contributed by atoms with Gasteiger partial charge in [0.1, 0.15) is 11.4 Å². The smallest absolute Gasteiger partial charge is 0.261 e. The van der Waals surface area contributed by atoms with Crippen molar-refractivity contribution in [3.8, 4) is 5.88 Å². The minimum absolute atomic E-state index is 0.252. The number of methoxy groups -OCH3 is 1.